The molecule has 0 bridgehead atoms. The maximum Gasteiger partial charge on any atom is 0.0443 e. The molecule has 2 N–H and O–H groups in total. The zero-order chi connectivity index (χ0) is 14.2. The van der Waals surface area contributed by atoms with E-state index < -0.39 is 0 Å². The highest BCUT2D eigenvalue weighted by Crippen LogP contribution is 2.28. The third kappa shape index (κ3) is 5.34. The first-order valence-corrected chi connectivity index (χ1v) is 8.88. The van der Waals surface area contributed by atoms with Crippen LogP contribution in [-0.2, 0) is 0 Å². The molecule has 3 heteroatoms. The Morgan fingerprint density at radius 1 is 1.15 bits per heavy atom. The molecule has 3 nitrogen and oxygen atoms in total. The zero-order valence-electron chi connectivity index (χ0n) is 13.3. The van der Waals surface area contributed by atoms with Crippen molar-refractivity contribution in [2.75, 3.05) is 32.8 Å². The molecule has 0 aromatic carbocycles. The van der Waals surface area contributed by atoms with Crippen LogP contribution >= 0.6 is 0 Å². The zero-order valence-corrected chi connectivity index (χ0v) is 13.3. The predicted octanol–water partition coefficient (Wildman–Crippen LogP) is 2.64. The summed E-state index contributed by atoms with van der Waals surface area (Å²) in [5.74, 6) is 1.84. The quantitative estimate of drug-likeness (QED) is 0.672. The Kier molecular flexibility index (Phi) is 7.32. The fraction of sp³-hybridized carbons (Fsp3) is 1.00. The van der Waals surface area contributed by atoms with E-state index in [2.05, 4.69) is 17.1 Å². The van der Waals surface area contributed by atoms with E-state index in [0.29, 0.717) is 12.6 Å². The lowest BCUT2D eigenvalue weighted by molar-refractivity contribution is 0.117. The fourth-order valence-corrected chi connectivity index (χ4v) is 4.16. The van der Waals surface area contributed by atoms with Gasteiger partial charge < -0.3 is 15.3 Å². The molecule has 2 atom stereocenters. The molecule has 0 spiro atoms. The second-order valence-corrected chi connectivity index (χ2v) is 6.99. The molecule has 20 heavy (non-hydrogen) atoms. The standard InChI is InChI=1S/C17H34N2O/c1-2-6-16-11-17(18-9-5-10-20)14-19(13-16)12-15-7-3-4-8-15/h15-18,20H,2-14H2,1H3. The number of hydrogen-bond donors (Lipinski definition) is 2. The van der Waals surface area contributed by atoms with Gasteiger partial charge in [0.25, 0.3) is 0 Å². The highest BCUT2D eigenvalue weighted by atomic mass is 16.3. The second kappa shape index (κ2) is 9.01. The van der Waals surface area contributed by atoms with Crippen LogP contribution in [0, 0.1) is 11.8 Å². The van der Waals surface area contributed by atoms with Crippen LogP contribution in [0.1, 0.15) is 58.3 Å². The lowest BCUT2D eigenvalue weighted by Crippen LogP contribution is -2.50. The van der Waals surface area contributed by atoms with Crippen molar-refractivity contribution in [3.63, 3.8) is 0 Å². The molecule has 118 valence electrons. The van der Waals surface area contributed by atoms with Crippen LogP contribution in [0.5, 0.6) is 0 Å². The third-order valence-corrected chi connectivity index (χ3v) is 5.07. The summed E-state index contributed by atoms with van der Waals surface area (Å²) in [5.41, 5.74) is 0. The van der Waals surface area contributed by atoms with Gasteiger partial charge in [-0.3, -0.25) is 0 Å². The van der Waals surface area contributed by atoms with Crippen molar-refractivity contribution in [3.8, 4) is 0 Å². The van der Waals surface area contributed by atoms with Crippen molar-refractivity contribution in [3.05, 3.63) is 0 Å². The Bertz CT molecular complexity index is 253. The van der Waals surface area contributed by atoms with E-state index in [1.54, 1.807) is 0 Å². The molecule has 2 unspecified atom stereocenters. The summed E-state index contributed by atoms with van der Waals surface area (Å²) in [7, 11) is 0. The average molecular weight is 282 g/mol. The summed E-state index contributed by atoms with van der Waals surface area (Å²) in [6.07, 6.45) is 10.7. The summed E-state index contributed by atoms with van der Waals surface area (Å²) >= 11 is 0. The largest absolute Gasteiger partial charge is 0.396 e. The number of likely N-dealkylation sites (tertiary alicyclic amines) is 1. The number of nitrogens with one attached hydrogen (secondary N) is 1. The van der Waals surface area contributed by atoms with E-state index in [4.69, 9.17) is 5.11 Å². The summed E-state index contributed by atoms with van der Waals surface area (Å²) in [6.45, 7) is 7.47. The Morgan fingerprint density at radius 3 is 2.65 bits per heavy atom. The van der Waals surface area contributed by atoms with Gasteiger partial charge in [-0.05, 0) is 50.5 Å². The van der Waals surface area contributed by atoms with Gasteiger partial charge >= 0.3 is 0 Å². The van der Waals surface area contributed by atoms with Gasteiger partial charge in [0.15, 0.2) is 0 Å². The molecule has 0 aromatic heterocycles. The Morgan fingerprint density at radius 2 is 1.95 bits per heavy atom. The number of piperidine rings is 1. The molecular formula is C17H34N2O. The summed E-state index contributed by atoms with van der Waals surface area (Å²) in [4.78, 5) is 2.73. The molecule has 1 saturated heterocycles. The molecule has 1 aliphatic carbocycles. The molecule has 0 radical (unpaired) electrons. The summed E-state index contributed by atoms with van der Waals surface area (Å²) in [5, 5.41) is 12.6. The van der Waals surface area contributed by atoms with E-state index in [-0.39, 0.29) is 0 Å². The van der Waals surface area contributed by atoms with Gasteiger partial charge in [-0.15, -0.1) is 0 Å². The van der Waals surface area contributed by atoms with E-state index >= 15 is 0 Å². The Hall–Kier alpha value is -0.120. The molecule has 1 heterocycles. The van der Waals surface area contributed by atoms with Gasteiger partial charge in [0.05, 0.1) is 0 Å². The number of hydrogen-bond acceptors (Lipinski definition) is 3. The van der Waals surface area contributed by atoms with Crippen molar-refractivity contribution in [1.29, 1.82) is 0 Å². The summed E-state index contributed by atoms with van der Waals surface area (Å²) < 4.78 is 0. The average Bonchev–Trinajstić information content (AvgIpc) is 2.92. The van der Waals surface area contributed by atoms with E-state index in [0.717, 1.165) is 24.8 Å². The van der Waals surface area contributed by atoms with Gasteiger partial charge in [0, 0.05) is 32.3 Å². The number of rotatable bonds is 8. The molecular weight excluding hydrogens is 248 g/mol. The normalized spacial score (nSPS) is 29.1. The van der Waals surface area contributed by atoms with Crippen LogP contribution in [0.2, 0.25) is 0 Å². The predicted molar refractivity (Wildman–Crippen MR) is 84.9 cm³/mol. The second-order valence-electron chi connectivity index (χ2n) is 6.99. The van der Waals surface area contributed by atoms with Gasteiger partial charge in [-0.25, -0.2) is 0 Å². The minimum absolute atomic E-state index is 0.309. The van der Waals surface area contributed by atoms with E-state index in [1.807, 2.05) is 0 Å². The number of nitrogens with zero attached hydrogens (tertiary/aromatic N) is 1. The SMILES string of the molecule is CCCC1CC(NCCCO)CN(CC2CCCC2)C1. The van der Waals surface area contributed by atoms with Crippen molar-refractivity contribution in [2.24, 2.45) is 11.8 Å². The third-order valence-electron chi connectivity index (χ3n) is 5.07. The van der Waals surface area contributed by atoms with Crippen molar-refractivity contribution < 1.29 is 5.11 Å². The van der Waals surface area contributed by atoms with Gasteiger partial charge in [-0.1, -0.05) is 26.2 Å². The first-order chi connectivity index (χ1) is 9.81. The van der Waals surface area contributed by atoms with Crippen LogP contribution in [0.25, 0.3) is 0 Å². The van der Waals surface area contributed by atoms with Crippen molar-refractivity contribution >= 4 is 0 Å². The highest BCUT2D eigenvalue weighted by Gasteiger charge is 2.28. The van der Waals surface area contributed by atoms with Crippen LogP contribution < -0.4 is 5.32 Å². The Balaban J connectivity index is 1.79. The first-order valence-electron chi connectivity index (χ1n) is 8.88. The molecule has 0 amide bonds. The number of aliphatic hydroxyl groups excluding tert-OH is 1. The minimum atomic E-state index is 0.309. The maximum absolute atomic E-state index is 8.92. The molecule has 0 aromatic rings. The lowest BCUT2D eigenvalue weighted by atomic mass is 9.89. The van der Waals surface area contributed by atoms with Crippen LogP contribution in [0.3, 0.4) is 0 Å². The first kappa shape index (κ1) is 16.3. The molecule has 1 saturated carbocycles. The number of aliphatic hydroxyl groups is 1. The highest BCUT2D eigenvalue weighted by molar-refractivity contribution is 4.85. The maximum atomic E-state index is 8.92. The van der Waals surface area contributed by atoms with E-state index in [9.17, 15) is 0 Å². The molecule has 2 fully saturated rings. The molecule has 2 aliphatic rings. The topological polar surface area (TPSA) is 35.5 Å². The van der Waals surface area contributed by atoms with Crippen LogP contribution in [-0.4, -0.2) is 48.8 Å². The Labute approximate surface area is 125 Å². The van der Waals surface area contributed by atoms with E-state index in [1.165, 1.54) is 64.6 Å². The van der Waals surface area contributed by atoms with Gasteiger partial charge in [0.2, 0.25) is 0 Å². The minimum Gasteiger partial charge on any atom is -0.396 e. The molecule has 2 rings (SSSR count). The molecule has 1 aliphatic heterocycles. The van der Waals surface area contributed by atoms with Gasteiger partial charge in [-0.2, -0.15) is 0 Å². The van der Waals surface area contributed by atoms with Crippen LogP contribution in [0.4, 0.5) is 0 Å². The smallest absolute Gasteiger partial charge is 0.0443 e. The lowest BCUT2D eigenvalue weighted by Gasteiger charge is -2.39. The van der Waals surface area contributed by atoms with Gasteiger partial charge in [0.1, 0.15) is 0 Å². The fourth-order valence-electron chi connectivity index (χ4n) is 4.16. The van der Waals surface area contributed by atoms with Crippen LogP contribution in [0.15, 0.2) is 0 Å². The van der Waals surface area contributed by atoms with Crippen molar-refractivity contribution in [1.82, 2.24) is 10.2 Å². The summed E-state index contributed by atoms with van der Waals surface area (Å²) in [6, 6.07) is 0.647. The monoisotopic (exact) mass is 282 g/mol. The van der Waals surface area contributed by atoms with Crippen molar-refractivity contribution in [2.45, 2.75) is 64.3 Å².